The zero-order valence-corrected chi connectivity index (χ0v) is 13.5. The molecule has 0 bridgehead atoms. The first-order valence-electron chi connectivity index (χ1n) is 8.19. The van der Waals surface area contributed by atoms with E-state index in [-0.39, 0.29) is 11.7 Å². The fourth-order valence-electron chi connectivity index (χ4n) is 2.99. The minimum absolute atomic E-state index is 0.0521. The summed E-state index contributed by atoms with van der Waals surface area (Å²) < 4.78 is 0. The van der Waals surface area contributed by atoms with E-state index in [1.807, 2.05) is 91.0 Å². The molecule has 3 aromatic rings. The summed E-state index contributed by atoms with van der Waals surface area (Å²) in [6.45, 7) is 0. The lowest BCUT2D eigenvalue weighted by atomic mass is 9.83. The highest BCUT2D eigenvalue weighted by molar-refractivity contribution is 5.93. The highest BCUT2D eigenvalue weighted by Gasteiger charge is 2.27. The number of hydrogen-bond donors (Lipinski definition) is 1. The third-order valence-electron chi connectivity index (χ3n) is 4.21. The van der Waals surface area contributed by atoms with E-state index in [0.717, 1.165) is 16.7 Å². The Kier molecular flexibility index (Phi) is 5.19. The molecule has 1 atom stereocenters. The van der Waals surface area contributed by atoms with E-state index in [1.54, 1.807) is 0 Å². The zero-order chi connectivity index (χ0) is 16.8. The van der Waals surface area contributed by atoms with Crippen molar-refractivity contribution >= 4 is 5.78 Å². The number of carbonyl (C=O) groups is 1. The van der Waals surface area contributed by atoms with Gasteiger partial charge < -0.3 is 5.73 Å². The molecule has 0 aliphatic heterocycles. The molecular formula is C22H21NO. The lowest BCUT2D eigenvalue weighted by Crippen LogP contribution is -2.37. The molecule has 0 saturated heterocycles. The van der Waals surface area contributed by atoms with Crippen LogP contribution >= 0.6 is 0 Å². The molecule has 0 aliphatic carbocycles. The first-order valence-corrected chi connectivity index (χ1v) is 8.19. The van der Waals surface area contributed by atoms with Crippen LogP contribution in [0.2, 0.25) is 0 Å². The quantitative estimate of drug-likeness (QED) is 0.748. The average Bonchev–Trinajstić information content (AvgIpc) is 2.64. The van der Waals surface area contributed by atoms with Crippen molar-refractivity contribution in [2.45, 2.75) is 18.4 Å². The van der Waals surface area contributed by atoms with Crippen LogP contribution in [0.5, 0.6) is 0 Å². The van der Waals surface area contributed by atoms with Gasteiger partial charge in [0.2, 0.25) is 0 Å². The third-order valence-corrected chi connectivity index (χ3v) is 4.21. The Morgan fingerprint density at radius 1 is 0.708 bits per heavy atom. The van der Waals surface area contributed by atoms with E-state index >= 15 is 0 Å². The van der Waals surface area contributed by atoms with E-state index in [1.165, 1.54) is 0 Å². The van der Waals surface area contributed by atoms with Crippen molar-refractivity contribution in [1.29, 1.82) is 0 Å². The van der Waals surface area contributed by atoms with Gasteiger partial charge in [-0.2, -0.15) is 0 Å². The molecule has 0 radical (unpaired) electrons. The largest absolute Gasteiger partial charge is 0.321 e. The van der Waals surface area contributed by atoms with Gasteiger partial charge in [-0.25, -0.2) is 0 Å². The lowest BCUT2D eigenvalue weighted by molar-refractivity contribution is -0.120. The van der Waals surface area contributed by atoms with Gasteiger partial charge in [-0.15, -0.1) is 0 Å². The number of benzene rings is 3. The monoisotopic (exact) mass is 315 g/mol. The van der Waals surface area contributed by atoms with Crippen molar-refractivity contribution in [2.24, 2.45) is 5.73 Å². The van der Waals surface area contributed by atoms with Crippen molar-refractivity contribution in [3.05, 3.63) is 108 Å². The van der Waals surface area contributed by atoms with Crippen molar-refractivity contribution in [3.63, 3.8) is 0 Å². The highest BCUT2D eigenvalue weighted by atomic mass is 16.1. The van der Waals surface area contributed by atoms with Gasteiger partial charge in [0.1, 0.15) is 0 Å². The van der Waals surface area contributed by atoms with Gasteiger partial charge in [0.15, 0.2) is 5.78 Å². The van der Waals surface area contributed by atoms with Crippen molar-refractivity contribution in [1.82, 2.24) is 0 Å². The van der Waals surface area contributed by atoms with Crippen LogP contribution in [0.25, 0.3) is 0 Å². The average molecular weight is 315 g/mol. The summed E-state index contributed by atoms with van der Waals surface area (Å²) in [5.74, 6) is -0.276. The molecular weight excluding hydrogens is 294 g/mol. The van der Waals surface area contributed by atoms with Crippen molar-refractivity contribution in [3.8, 4) is 0 Å². The Morgan fingerprint density at radius 2 is 1.12 bits per heavy atom. The molecule has 0 spiro atoms. The topological polar surface area (TPSA) is 43.1 Å². The van der Waals surface area contributed by atoms with Gasteiger partial charge in [0.05, 0.1) is 12.0 Å². The molecule has 120 valence electrons. The second-order valence-electron chi connectivity index (χ2n) is 5.95. The van der Waals surface area contributed by atoms with Crippen LogP contribution in [0.4, 0.5) is 0 Å². The molecule has 0 amide bonds. The molecule has 3 aromatic carbocycles. The predicted octanol–water partition coefficient (Wildman–Crippen LogP) is 3.96. The van der Waals surface area contributed by atoms with Crippen LogP contribution in [0.1, 0.15) is 22.6 Å². The fraction of sp³-hybridized carbons (Fsp3) is 0.136. The SMILES string of the molecule is N[C@@H](Cc1ccccc1)C(=O)C(c1ccccc1)c1ccccc1. The van der Waals surface area contributed by atoms with E-state index in [4.69, 9.17) is 5.73 Å². The van der Waals surface area contributed by atoms with Gasteiger partial charge in [0, 0.05) is 0 Å². The summed E-state index contributed by atoms with van der Waals surface area (Å²) in [7, 11) is 0. The summed E-state index contributed by atoms with van der Waals surface area (Å²) in [5.41, 5.74) is 9.32. The van der Waals surface area contributed by atoms with Crippen LogP contribution in [-0.2, 0) is 11.2 Å². The minimum Gasteiger partial charge on any atom is -0.321 e. The van der Waals surface area contributed by atoms with E-state index in [2.05, 4.69) is 0 Å². The maximum Gasteiger partial charge on any atom is 0.161 e. The first kappa shape index (κ1) is 16.2. The Bertz CT molecular complexity index is 729. The summed E-state index contributed by atoms with van der Waals surface area (Å²) in [5, 5.41) is 0. The number of ketones is 1. The normalized spacial score (nSPS) is 12.1. The molecule has 0 fully saturated rings. The van der Waals surface area contributed by atoms with Crippen molar-refractivity contribution < 1.29 is 4.79 Å². The van der Waals surface area contributed by atoms with Gasteiger partial charge >= 0.3 is 0 Å². The van der Waals surface area contributed by atoms with E-state index < -0.39 is 6.04 Å². The second-order valence-corrected chi connectivity index (χ2v) is 5.95. The Hall–Kier alpha value is -2.71. The molecule has 0 heterocycles. The summed E-state index contributed by atoms with van der Waals surface area (Å²) in [4.78, 5) is 13.1. The first-order chi connectivity index (χ1) is 11.8. The van der Waals surface area contributed by atoms with Crippen LogP contribution < -0.4 is 5.73 Å². The number of carbonyl (C=O) groups excluding carboxylic acids is 1. The van der Waals surface area contributed by atoms with Crippen LogP contribution in [-0.4, -0.2) is 11.8 Å². The van der Waals surface area contributed by atoms with Crippen LogP contribution in [0.15, 0.2) is 91.0 Å². The standard InChI is InChI=1S/C22H21NO/c23-20(16-17-10-4-1-5-11-17)22(24)21(18-12-6-2-7-13-18)19-14-8-3-9-15-19/h1-15,20-21H,16,23H2/t20-/m0/s1. The number of Topliss-reactive ketones (excluding diaryl/α,β-unsaturated/α-hetero) is 1. The van der Waals surface area contributed by atoms with Crippen LogP contribution in [0, 0.1) is 0 Å². The Labute approximate surface area is 143 Å². The lowest BCUT2D eigenvalue weighted by Gasteiger charge is -2.21. The highest BCUT2D eigenvalue weighted by Crippen LogP contribution is 2.27. The molecule has 2 nitrogen and oxygen atoms in total. The predicted molar refractivity (Wildman–Crippen MR) is 97.9 cm³/mol. The maximum atomic E-state index is 13.1. The molecule has 0 saturated carbocycles. The molecule has 0 aliphatic rings. The number of hydrogen-bond acceptors (Lipinski definition) is 2. The Morgan fingerprint density at radius 3 is 1.58 bits per heavy atom. The molecule has 0 unspecified atom stereocenters. The molecule has 2 N–H and O–H groups in total. The molecule has 24 heavy (non-hydrogen) atoms. The molecule has 0 aromatic heterocycles. The minimum atomic E-state index is -0.530. The van der Waals surface area contributed by atoms with Gasteiger partial charge in [-0.1, -0.05) is 91.0 Å². The molecule has 2 heteroatoms. The summed E-state index contributed by atoms with van der Waals surface area (Å²) in [6, 6.07) is 29.1. The van der Waals surface area contributed by atoms with Crippen molar-refractivity contribution in [2.75, 3.05) is 0 Å². The fourth-order valence-corrected chi connectivity index (χ4v) is 2.99. The smallest absolute Gasteiger partial charge is 0.161 e. The zero-order valence-electron chi connectivity index (χ0n) is 13.5. The number of rotatable bonds is 6. The van der Waals surface area contributed by atoms with Gasteiger partial charge in [0.25, 0.3) is 0 Å². The summed E-state index contributed by atoms with van der Waals surface area (Å²) >= 11 is 0. The van der Waals surface area contributed by atoms with E-state index in [9.17, 15) is 4.79 Å². The Balaban J connectivity index is 1.89. The van der Waals surface area contributed by atoms with Gasteiger partial charge in [-0.05, 0) is 23.1 Å². The van der Waals surface area contributed by atoms with Crippen LogP contribution in [0.3, 0.4) is 0 Å². The van der Waals surface area contributed by atoms with Gasteiger partial charge in [-0.3, -0.25) is 4.79 Å². The third kappa shape index (κ3) is 3.79. The number of nitrogens with two attached hydrogens (primary N) is 1. The summed E-state index contributed by atoms with van der Waals surface area (Å²) in [6.07, 6.45) is 0.551. The maximum absolute atomic E-state index is 13.1. The van der Waals surface area contributed by atoms with E-state index in [0.29, 0.717) is 6.42 Å². The second kappa shape index (κ2) is 7.71. The molecule has 3 rings (SSSR count).